The summed E-state index contributed by atoms with van der Waals surface area (Å²) in [6.07, 6.45) is 0. The summed E-state index contributed by atoms with van der Waals surface area (Å²) in [5, 5.41) is 0. The minimum absolute atomic E-state index is 0.0648. The second kappa shape index (κ2) is 2.46. The molecule has 3 heteroatoms. The highest BCUT2D eigenvalue weighted by Crippen LogP contribution is 2.51. The lowest BCUT2D eigenvalue weighted by Gasteiger charge is -2.23. The van der Waals surface area contributed by atoms with E-state index in [0.29, 0.717) is 0 Å². The third-order valence-electron chi connectivity index (χ3n) is 3.61. The van der Waals surface area contributed by atoms with Gasteiger partial charge < -0.3 is 5.73 Å². The number of amides is 1. The second-order valence-electron chi connectivity index (χ2n) is 4.22. The summed E-state index contributed by atoms with van der Waals surface area (Å²) in [5.74, 6) is 2.41. The summed E-state index contributed by atoms with van der Waals surface area (Å²) in [6, 6.07) is -0.0648. The maximum Gasteiger partial charge on any atom is 0.234 e. The van der Waals surface area contributed by atoms with Crippen LogP contribution >= 0.6 is 0 Å². The number of carbonyl (C=O) groups excluding carboxylic acids is 1. The smallest absolute Gasteiger partial charge is 0.234 e. The van der Waals surface area contributed by atoms with Gasteiger partial charge in [-0.25, -0.2) is 0 Å². The van der Waals surface area contributed by atoms with Crippen LogP contribution in [-0.4, -0.2) is 29.9 Å². The van der Waals surface area contributed by atoms with Crippen LogP contribution in [0.1, 0.15) is 13.8 Å². The molecule has 0 aromatic rings. The maximum absolute atomic E-state index is 10.9. The number of primary amides is 1. The second-order valence-corrected chi connectivity index (χ2v) is 4.22. The van der Waals surface area contributed by atoms with Gasteiger partial charge in [0, 0.05) is 13.1 Å². The van der Waals surface area contributed by atoms with E-state index in [4.69, 9.17) is 5.73 Å². The summed E-state index contributed by atoms with van der Waals surface area (Å²) >= 11 is 0. The number of nitrogens with zero attached hydrogens (tertiary/aromatic N) is 1. The van der Waals surface area contributed by atoms with Crippen LogP contribution in [0, 0.1) is 17.8 Å². The normalized spacial score (nSPS) is 42.3. The zero-order valence-corrected chi connectivity index (χ0v) is 7.66. The van der Waals surface area contributed by atoms with Crippen LogP contribution in [0.2, 0.25) is 0 Å². The largest absolute Gasteiger partial charge is 0.368 e. The first kappa shape index (κ1) is 8.05. The summed E-state index contributed by atoms with van der Waals surface area (Å²) in [6.45, 7) is 6.35. The molecule has 3 unspecified atom stereocenters. The lowest BCUT2D eigenvalue weighted by Crippen LogP contribution is -2.42. The monoisotopic (exact) mass is 168 g/mol. The number of carbonyl (C=O) groups is 1. The van der Waals surface area contributed by atoms with Gasteiger partial charge in [0.15, 0.2) is 0 Å². The average molecular weight is 168 g/mol. The Balaban J connectivity index is 1.90. The SMILES string of the molecule is CC1C2CN(C(C)C(N)=O)CC12. The predicted octanol–water partition coefficient (Wildman–Crippen LogP) is 0.0579. The third kappa shape index (κ3) is 1.04. The molecule has 2 fully saturated rings. The van der Waals surface area contributed by atoms with Crippen molar-refractivity contribution in [3.63, 3.8) is 0 Å². The Bertz CT molecular complexity index is 205. The molecule has 2 rings (SSSR count). The summed E-state index contributed by atoms with van der Waals surface area (Å²) in [5.41, 5.74) is 5.23. The molecule has 12 heavy (non-hydrogen) atoms. The van der Waals surface area contributed by atoms with Crippen LogP contribution in [-0.2, 0) is 4.79 Å². The van der Waals surface area contributed by atoms with E-state index in [1.165, 1.54) is 0 Å². The minimum atomic E-state index is -0.191. The van der Waals surface area contributed by atoms with Crippen molar-refractivity contribution in [3.05, 3.63) is 0 Å². The van der Waals surface area contributed by atoms with E-state index in [0.717, 1.165) is 30.8 Å². The molecule has 1 aliphatic heterocycles. The van der Waals surface area contributed by atoms with Crippen molar-refractivity contribution in [2.24, 2.45) is 23.5 Å². The topological polar surface area (TPSA) is 46.3 Å². The van der Waals surface area contributed by atoms with Crippen molar-refractivity contribution >= 4 is 5.91 Å². The molecular weight excluding hydrogens is 152 g/mol. The minimum Gasteiger partial charge on any atom is -0.368 e. The number of hydrogen-bond acceptors (Lipinski definition) is 2. The molecule has 0 bridgehead atoms. The van der Waals surface area contributed by atoms with Gasteiger partial charge in [0.05, 0.1) is 6.04 Å². The Labute approximate surface area is 72.9 Å². The van der Waals surface area contributed by atoms with Crippen LogP contribution in [0.15, 0.2) is 0 Å². The molecule has 3 atom stereocenters. The fourth-order valence-corrected chi connectivity index (χ4v) is 2.35. The van der Waals surface area contributed by atoms with Crippen LogP contribution in [0.25, 0.3) is 0 Å². The highest BCUT2D eigenvalue weighted by Gasteiger charge is 2.53. The van der Waals surface area contributed by atoms with Crippen LogP contribution < -0.4 is 5.73 Å². The third-order valence-corrected chi connectivity index (χ3v) is 3.61. The van der Waals surface area contributed by atoms with E-state index in [9.17, 15) is 4.79 Å². The van der Waals surface area contributed by atoms with Crippen molar-refractivity contribution in [1.82, 2.24) is 4.90 Å². The van der Waals surface area contributed by atoms with E-state index in [2.05, 4.69) is 11.8 Å². The fourth-order valence-electron chi connectivity index (χ4n) is 2.35. The lowest BCUT2D eigenvalue weighted by molar-refractivity contribution is -0.122. The van der Waals surface area contributed by atoms with Gasteiger partial charge in [0.1, 0.15) is 0 Å². The molecule has 1 heterocycles. The van der Waals surface area contributed by atoms with Gasteiger partial charge in [-0.2, -0.15) is 0 Å². The van der Waals surface area contributed by atoms with Crippen LogP contribution in [0.5, 0.6) is 0 Å². The van der Waals surface area contributed by atoms with Crippen molar-refractivity contribution < 1.29 is 4.79 Å². The first-order chi connectivity index (χ1) is 5.61. The van der Waals surface area contributed by atoms with Crippen LogP contribution in [0.4, 0.5) is 0 Å². The van der Waals surface area contributed by atoms with Gasteiger partial charge in [0.25, 0.3) is 0 Å². The van der Waals surface area contributed by atoms with E-state index in [1.54, 1.807) is 0 Å². The first-order valence-corrected chi connectivity index (χ1v) is 4.64. The number of likely N-dealkylation sites (tertiary alicyclic amines) is 1. The molecular formula is C9H16N2O. The molecule has 1 amide bonds. The molecule has 0 radical (unpaired) electrons. The Hall–Kier alpha value is -0.570. The summed E-state index contributed by atoms with van der Waals surface area (Å²) in [7, 11) is 0. The Kier molecular flexibility index (Phi) is 1.65. The highest BCUT2D eigenvalue weighted by molar-refractivity contribution is 5.79. The average Bonchev–Trinajstić information content (AvgIpc) is 2.53. The molecule has 2 N–H and O–H groups in total. The maximum atomic E-state index is 10.9. The van der Waals surface area contributed by atoms with Gasteiger partial charge >= 0.3 is 0 Å². The number of hydrogen-bond donors (Lipinski definition) is 1. The molecule has 1 saturated carbocycles. The van der Waals surface area contributed by atoms with E-state index >= 15 is 0 Å². The number of piperidine rings is 1. The Morgan fingerprint density at radius 2 is 2.00 bits per heavy atom. The van der Waals surface area contributed by atoms with Crippen molar-refractivity contribution in [2.75, 3.05) is 13.1 Å². The first-order valence-electron chi connectivity index (χ1n) is 4.64. The van der Waals surface area contributed by atoms with Gasteiger partial charge in [-0.1, -0.05) is 6.92 Å². The zero-order chi connectivity index (χ0) is 8.88. The number of fused-ring (bicyclic) bond motifs is 1. The summed E-state index contributed by atoms with van der Waals surface area (Å²) in [4.78, 5) is 13.1. The summed E-state index contributed by atoms with van der Waals surface area (Å²) < 4.78 is 0. The highest BCUT2D eigenvalue weighted by atomic mass is 16.1. The predicted molar refractivity (Wildman–Crippen MR) is 46.4 cm³/mol. The molecule has 0 aromatic carbocycles. The van der Waals surface area contributed by atoms with Gasteiger partial charge in [-0.3, -0.25) is 9.69 Å². The number of rotatable bonds is 2. The van der Waals surface area contributed by atoms with Crippen molar-refractivity contribution in [3.8, 4) is 0 Å². The van der Waals surface area contributed by atoms with E-state index in [-0.39, 0.29) is 11.9 Å². The van der Waals surface area contributed by atoms with Gasteiger partial charge in [-0.15, -0.1) is 0 Å². The van der Waals surface area contributed by atoms with Crippen LogP contribution in [0.3, 0.4) is 0 Å². The molecule has 1 aliphatic carbocycles. The molecule has 0 spiro atoms. The Morgan fingerprint density at radius 3 is 2.42 bits per heavy atom. The van der Waals surface area contributed by atoms with Crippen molar-refractivity contribution in [2.45, 2.75) is 19.9 Å². The quantitative estimate of drug-likeness (QED) is 0.633. The Morgan fingerprint density at radius 1 is 1.50 bits per heavy atom. The lowest BCUT2D eigenvalue weighted by atomic mass is 10.2. The van der Waals surface area contributed by atoms with Gasteiger partial charge in [-0.05, 0) is 24.7 Å². The molecule has 1 saturated heterocycles. The number of nitrogens with two attached hydrogens (primary N) is 1. The molecule has 0 aromatic heterocycles. The fraction of sp³-hybridized carbons (Fsp3) is 0.889. The molecule has 3 nitrogen and oxygen atoms in total. The zero-order valence-electron chi connectivity index (χ0n) is 7.66. The standard InChI is InChI=1S/C9H16N2O/c1-5-7-3-11(4-8(5)7)6(2)9(10)12/h5-8H,3-4H2,1-2H3,(H2,10,12). The molecule has 2 aliphatic rings. The van der Waals surface area contributed by atoms with Crippen molar-refractivity contribution in [1.29, 1.82) is 0 Å². The van der Waals surface area contributed by atoms with E-state index < -0.39 is 0 Å². The van der Waals surface area contributed by atoms with E-state index in [1.807, 2.05) is 6.92 Å². The van der Waals surface area contributed by atoms with Gasteiger partial charge in [0.2, 0.25) is 5.91 Å². The molecule has 68 valence electrons.